The van der Waals surface area contributed by atoms with E-state index in [0.29, 0.717) is 5.58 Å². The SMILES string of the molecule is CC[C@@H](C)Oc1ccc2ccc(=O)oc2c1. The minimum atomic E-state index is -0.340. The molecule has 0 unspecified atom stereocenters. The molecule has 3 nitrogen and oxygen atoms in total. The fourth-order valence-electron chi connectivity index (χ4n) is 1.43. The highest BCUT2D eigenvalue weighted by molar-refractivity contribution is 5.77. The fraction of sp³-hybridized carbons (Fsp3) is 0.308. The lowest BCUT2D eigenvalue weighted by Gasteiger charge is -2.12. The van der Waals surface area contributed by atoms with Crippen molar-refractivity contribution in [3.8, 4) is 5.75 Å². The van der Waals surface area contributed by atoms with Crippen LogP contribution in [0.2, 0.25) is 0 Å². The first-order valence-electron chi connectivity index (χ1n) is 5.39. The first-order valence-corrected chi connectivity index (χ1v) is 5.39. The molecule has 0 aliphatic heterocycles. The van der Waals surface area contributed by atoms with E-state index in [0.717, 1.165) is 17.6 Å². The van der Waals surface area contributed by atoms with Crippen LogP contribution in [0.25, 0.3) is 11.0 Å². The molecular formula is C13H14O3. The topological polar surface area (TPSA) is 39.4 Å². The highest BCUT2D eigenvalue weighted by Crippen LogP contribution is 2.20. The van der Waals surface area contributed by atoms with Crippen molar-refractivity contribution in [2.45, 2.75) is 26.4 Å². The Hall–Kier alpha value is -1.77. The quantitative estimate of drug-likeness (QED) is 0.743. The first-order chi connectivity index (χ1) is 7.69. The summed E-state index contributed by atoms with van der Waals surface area (Å²) in [5.41, 5.74) is 0.224. The Morgan fingerprint density at radius 1 is 1.31 bits per heavy atom. The molecule has 3 heteroatoms. The van der Waals surface area contributed by atoms with Gasteiger partial charge in [0.1, 0.15) is 11.3 Å². The normalized spacial score (nSPS) is 12.6. The third kappa shape index (κ3) is 2.24. The van der Waals surface area contributed by atoms with Gasteiger partial charge >= 0.3 is 5.63 Å². The van der Waals surface area contributed by atoms with Gasteiger partial charge in [0.2, 0.25) is 0 Å². The van der Waals surface area contributed by atoms with Crippen LogP contribution in [0.4, 0.5) is 0 Å². The average Bonchev–Trinajstić information content (AvgIpc) is 2.28. The molecule has 0 amide bonds. The zero-order valence-corrected chi connectivity index (χ0v) is 9.40. The van der Waals surface area contributed by atoms with Gasteiger partial charge in [-0.2, -0.15) is 0 Å². The number of hydrogen-bond acceptors (Lipinski definition) is 3. The highest BCUT2D eigenvalue weighted by atomic mass is 16.5. The molecule has 0 aliphatic rings. The number of hydrogen-bond donors (Lipinski definition) is 0. The van der Waals surface area contributed by atoms with Crippen LogP contribution < -0.4 is 10.4 Å². The van der Waals surface area contributed by atoms with E-state index in [1.807, 2.05) is 19.1 Å². The van der Waals surface area contributed by atoms with Gasteiger partial charge in [0.25, 0.3) is 0 Å². The molecule has 16 heavy (non-hydrogen) atoms. The van der Waals surface area contributed by atoms with Gasteiger partial charge in [-0.3, -0.25) is 0 Å². The minimum Gasteiger partial charge on any atom is -0.491 e. The Labute approximate surface area is 93.7 Å². The summed E-state index contributed by atoms with van der Waals surface area (Å²) < 4.78 is 10.7. The number of ether oxygens (including phenoxy) is 1. The van der Waals surface area contributed by atoms with E-state index < -0.39 is 0 Å². The lowest BCUT2D eigenvalue weighted by molar-refractivity contribution is 0.217. The zero-order valence-electron chi connectivity index (χ0n) is 9.40. The molecule has 0 N–H and O–H groups in total. The van der Waals surface area contributed by atoms with Gasteiger partial charge in [0.15, 0.2) is 0 Å². The largest absolute Gasteiger partial charge is 0.491 e. The molecule has 0 radical (unpaired) electrons. The third-order valence-corrected chi connectivity index (χ3v) is 2.51. The van der Waals surface area contributed by atoms with Crippen molar-refractivity contribution in [3.05, 3.63) is 40.8 Å². The van der Waals surface area contributed by atoms with Crippen molar-refractivity contribution >= 4 is 11.0 Å². The molecule has 0 bridgehead atoms. The van der Waals surface area contributed by atoms with E-state index in [1.54, 1.807) is 12.1 Å². The van der Waals surface area contributed by atoms with Crippen molar-refractivity contribution in [2.24, 2.45) is 0 Å². The van der Waals surface area contributed by atoms with Gasteiger partial charge in [-0.25, -0.2) is 4.79 Å². The molecule has 1 aromatic carbocycles. The molecule has 2 aromatic rings. The maximum Gasteiger partial charge on any atom is 0.336 e. The molecule has 1 atom stereocenters. The number of fused-ring (bicyclic) bond motifs is 1. The summed E-state index contributed by atoms with van der Waals surface area (Å²) >= 11 is 0. The Morgan fingerprint density at radius 2 is 2.06 bits per heavy atom. The first kappa shape index (κ1) is 10.7. The molecular weight excluding hydrogens is 204 g/mol. The maximum atomic E-state index is 11.1. The second kappa shape index (κ2) is 4.39. The van der Waals surface area contributed by atoms with Crippen LogP contribution in [0.5, 0.6) is 5.75 Å². The van der Waals surface area contributed by atoms with Gasteiger partial charge in [0, 0.05) is 17.5 Å². The van der Waals surface area contributed by atoms with Gasteiger partial charge in [-0.05, 0) is 31.5 Å². The Bertz CT molecular complexity index is 542. The van der Waals surface area contributed by atoms with Crippen LogP contribution in [-0.4, -0.2) is 6.10 Å². The monoisotopic (exact) mass is 218 g/mol. The summed E-state index contributed by atoms with van der Waals surface area (Å²) in [5, 5.41) is 0.899. The summed E-state index contributed by atoms with van der Waals surface area (Å²) in [5.74, 6) is 0.733. The molecule has 0 saturated carbocycles. The zero-order chi connectivity index (χ0) is 11.5. The molecule has 0 saturated heterocycles. The van der Waals surface area contributed by atoms with Crippen molar-refractivity contribution in [1.29, 1.82) is 0 Å². The van der Waals surface area contributed by atoms with Crippen LogP contribution >= 0.6 is 0 Å². The Morgan fingerprint density at radius 3 is 2.81 bits per heavy atom. The lowest BCUT2D eigenvalue weighted by atomic mass is 10.2. The molecule has 1 aromatic heterocycles. The van der Waals surface area contributed by atoms with E-state index in [2.05, 4.69) is 6.92 Å². The van der Waals surface area contributed by atoms with Crippen molar-refractivity contribution in [1.82, 2.24) is 0 Å². The smallest absolute Gasteiger partial charge is 0.336 e. The van der Waals surface area contributed by atoms with Crippen LogP contribution in [0.15, 0.2) is 39.5 Å². The Balaban J connectivity index is 2.39. The fourth-order valence-corrected chi connectivity index (χ4v) is 1.43. The molecule has 1 heterocycles. The summed E-state index contributed by atoms with van der Waals surface area (Å²) in [6.45, 7) is 4.07. The lowest BCUT2D eigenvalue weighted by Crippen LogP contribution is -2.09. The summed E-state index contributed by atoms with van der Waals surface area (Å²) in [7, 11) is 0. The highest BCUT2D eigenvalue weighted by Gasteiger charge is 2.03. The molecule has 0 spiro atoms. The summed E-state index contributed by atoms with van der Waals surface area (Å²) in [6, 6.07) is 8.68. The van der Waals surface area contributed by atoms with Crippen LogP contribution in [-0.2, 0) is 0 Å². The van der Waals surface area contributed by atoms with Gasteiger partial charge in [0.05, 0.1) is 6.10 Å². The second-order valence-electron chi connectivity index (χ2n) is 3.79. The predicted molar refractivity (Wildman–Crippen MR) is 62.9 cm³/mol. The van der Waals surface area contributed by atoms with E-state index in [4.69, 9.17) is 9.15 Å². The van der Waals surface area contributed by atoms with Crippen LogP contribution in [0.1, 0.15) is 20.3 Å². The minimum absolute atomic E-state index is 0.160. The Kier molecular flexibility index (Phi) is 2.95. The van der Waals surface area contributed by atoms with Crippen LogP contribution in [0.3, 0.4) is 0 Å². The predicted octanol–water partition coefficient (Wildman–Crippen LogP) is 2.97. The molecule has 0 aliphatic carbocycles. The van der Waals surface area contributed by atoms with Gasteiger partial charge in [-0.15, -0.1) is 0 Å². The summed E-state index contributed by atoms with van der Waals surface area (Å²) in [6.07, 6.45) is 1.10. The van der Waals surface area contributed by atoms with Gasteiger partial charge < -0.3 is 9.15 Å². The average molecular weight is 218 g/mol. The van der Waals surface area contributed by atoms with Crippen LogP contribution in [0, 0.1) is 0 Å². The number of benzene rings is 1. The van der Waals surface area contributed by atoms with Gasteiger partial charge in [-0.1, -0.05) is 6.92 Å². The van der Waals surface area contributed by atoms with Crippen molar-refractivity contribution in [3.63, 3.8) is 0 Å². The second-order valence-corrected chi connectivity index (χ2v) is 3.79. The summed E-state index contributed by atoms with van der Waals surface area (Å²) in [4.78, 5) is 11.1. The maximum absolute atomic E-state index is 11.1. The van der Waals surface area contributed by atoms with E-state index in [9.17, 15) is 4.79 Å². The number of rotatable bonds is 3. The van der Waals surface area contributed by atoms with E-state index in [-0.39, 0.29) is 11.7 Å². The molecule has 84 valence electrons. The third-order valence-electron chi connectivity index (χ3n) is 2.51. The van der Waals surface area contributed by atoms with Crippen molar-refractivity contribution in [2.75, 3.05) is 0 Å². The van der Waals surface area contributed by atoms with E-state index in [1.165, 1.54) is 6.07 Å². The molecule has 2 rings (SSSR count). The standard InChI is InChI=1S/C13H14O3/c1-3-9(2)15-11-6-4-10-5-7-13(14)16-12(10)8-11/h4-9H,3H2,1-2H3/t9-/m1/s1. The van der Waals surface area contributed by atoms with E-state index >= 15 is 0 Å². The van der Waals surface area contributed by atoms with Crippen molar-refractivity contribution < 1.29 is 9.15 Å². The molecule has 0 fully saturated rings.